The van der Waals surface area contributed by atoms with E-state index in [0.29, 0.717) is 5.41 Å². The van der Waals surface area contributed by atoms with Crippen LogP contribution < -0.4 is 0 Å². The maximum Gasteiger partial charge on any atom is 0.101 e. The molecule has 2 aliphatic heterocycles. The predicted molar refractivity (Wildman–Crippen MR) is 52.5 cm³/mol. The zero-order valence-corrected chi connectivity index (χ0v) is 8.52. The van der Waals surface area contributed by atoms with Crippen LogP contribution >= 0.6 is 12.6 Å². The van der Waals surface area contributed by atoms with Crippen molar-refractivity contribution < 1.29 is 4.74 Å². The highest BCUT2D eigenvalue weighted by atomic mass is 32.1. The van der Waals surface area contributed by atoms with Crippen LogP contribution in [0, 0.1) is 5.41 Å². The quantitative estimate of drug-likeness (QED) is 0.575. The Morgan fingerprint density at radius 1 is 1.42 bits per heavy atom. The molecule has 2 nitrogen and oxygen atoms in total. The van der Waals surface area contributed by atoms with E-state index >= 15 is 0 Å². The lowest BCUT2D eigenvalue weighted by Crippen LogP contribution is -2.38. The molecule has 0 aliphatic carbocycles. The van der Waals surface area contributed by atoms with E-state index < -0.39 is 0 Å². The summed E-state index contributed by atoms with van der Waals surface area (Å²) < 4.78 is 5.53. The van der Waals surface area contributed by atoms with Crippen LogP contribution in [-0.2, 0) is 4.74 Å². The van der Waals surface area contributed by atoms with Crippen molar-refractivity contribution in [3.05, 3.63) is 0 Å². The molecule has 2 aliphatic rings. The van der Waals surface area contributed by atoms with Crippen LogP contribution in [0.15, 0.2) is 0 Å². The summed E-state index contributed by atoms with van der Waals surface area (Å²) in [5.41, 5.74) is 0.687. The normalized spacial score (nSPS) is 36.0. The Morgan fingerprint density at radius 3 is 2.58 bits per heavy atom. The summed E-state index contributed by atoms with van der Waals surface area (Å²) in [6.45, 7) is 3.39. The summed E-state index contributed by atoms with van der Waals surface area (Å²) >= 11 is 4.36. The molecule has 3 heteroatoms. The monoisotopic (exact) mass is 187 g/mol. The minimum Gasteiger partial charge on any atom is -0.367 e. The van der Waals surface area contributed by atoms with Crippen LogP contribution in [0.4, 0.5) is 0 Å². The summed E-state index contributed by atoms with van der Waals surface area (Å²) in [5, 5.41) is 0. The van der Waals surface area contributed by atoms with Gasteiger partial charge in [0.05, 0.1) is 6.61 Å². The Morgan fingerprint density at radius 2 is 2.08 bits per heavy atom. The lowest BCUT2D eigenvalue weighted by molar-refractivity contribution is 0.0885. The molecule has 2 heterocycles. The van der Waals surface area contributed by atoms with Crippen molar-refractivity contribution in [1.29, 1.82) is 0 Å². The van der Waals surface area contributed by atoms with Gasteiger partial charge in [-0.15, -0.1) is 12.6 Å². The number of rotatable bonds is 0. The molecule has 0 aromatic rings. The van der Waals surface area contributed by atoms with Crippen LogP contribution in [0.2, 0.25) is 0 Å². The molecule has 0 saturated carbocycles. The van der Waals surface area contributed by atoms with Gasteiger partial charge >= 0.3 is 0 Å². The number of piperidine rings is 1. The van der Waals surface area contributed by atoms with Crippen LogP contribution in [0.25, 0.3) is 0 Å². The Balaban J connectivity index is 1.95. The van der Waals surface area contributed by atoms with E-state index in [4.69, 9.17) is 4.74 Å². The van der Waals surface area contributed by atoms with Gasteiger partial charge in [-0.25, -0.2) is 0 Å². The van der Waals surface area contributed by atoms with Crippen molar-refractivity contribution in [1.82, 2.24) is 4.90 Å². The van der Waals surface area contributed by atoms with Gasteiger partial charge in [-0.2, -0.15) is 0 Å². The number of hydrogen-bond donors (Lipinski definition) is 1. The van der Waals surface area contributed by atoms with Gasteiger partial charge in [0.25, 0.3) is 0 Å². The Labute approximate surface area is 79.7 Å². The topological polar surface area (TPSA) is 12.5 Å². The fraction of sp³-hybridized carbons (Fsp3) is 1.00. The predicted octanol–water partition coefficient (Wildman–Crippen LogP) is 1.37. The highest BCUT2D eigenvalue weighted by Crippen LogP contribution is 2.42. The molecule has 12 heavy (non-hydrogen) atoms. The van der Waals surface area contributed by atoms with Gasteiger partial charge in [0.15, 0.2) is 0 Å². The molecular formula is C9H17NOS. The van der Waals surface area contributed by atoms with Crippen LogP contribution in [0.3, 0.4) is 0 Å². The second-order valence-corrected chi connectivity index (χ2v) is 4.85. The van der Waals surface area contributed by atoms with Crippen molar-refractivity contribution in [3.8, 4) is 0 Å². The maximum absolute atomic E-state index is 5.53. The summed E-state index contributed by atoms with van der Waals surface area (Å²) in [6.07, 6.45) is 3.74. The van der Waals surface area contributed by atoms with Crippen molar-refractivity contribution in [3.63, 3.8) is 0 Å². The number of ether oxygens (including phenoxy) is 1. The molecule has 0 bridgehead atoms. The van der Waals surface area contributed by atoms with Gasteiger partial charge in [-0.1, -0.05) is 0 Å². The number of nitrogens with zero attached hydrogens (tertiary/aromatic N) is 1. The molecule has 70 valence electrons. The summed E-state index contributed by atoms with van der Waals surface area (Å²) in [4.78, 5) is 2.40. The molecule has 0 N–H and O–H groups in total. The smallest absolute Gasteiger partial charge is 0.101 e. The number of likely N-dealkylation sites (tertiary alicyclic amines) is 1. The van der Waals surface area contributed by atoms with E-state index in [1.165, 1.54) is 25.9 Å². The fourth-order valence-corrected chi connectivity index (χ4v) is 2.66. The second kappa shape index (κ2) is 3.20. The first kappa shape index (κ1) is 8.85. The Kier molecular flexibility index (Phi) is 2.36. The third-order valence-corrected chi connectivity index (χ3v) is 3.57. The van der Waals surface area contributed by atoms with Gasteiger partial charge in [-0.3, -0.25) is 0 Å². The molecule has 2 saturated heterocycles. The van der Waals surface area contributed by atoms with Crippen molar-refractivity contribution in [2.75, 3.05) is 26.7 Å². The van der Waals surface area contributed by atoms with Gasteiger partial charge < -0.3 is 9.64 Å². The number of hydrogen-bond acceptors (Lipinski definition) is 3. The van der Waals surface area contributed by atoms with Crippen LogP contribution in [0.5, 0.6) is 0 Å². The largest absolute Gasteiger partial charge is 0.367 e. The number of thiol groups is 1. The highest BCUT2D eigenvalue weighted by Gasteiger charge is 2.40. The molecule has 0 amide bonds. The summed E-state index contributed by atoms with van der Waals surface area (Å²) in [5.74, 6) is 0. The van der Waals surface area contributed by atoms with E-state index in [0.717, 1.165) is 13.0 Å². The highest BCUT2D eigenvalue weighted by molar-refractivity contribution is 7.80. The lowest BCUT2D eigenvalue weighted by atomic mass is 9.78. The van der Waals surface area contributed by atoms with E-state index in [-0.39, 0.29) is 5.44 Å². The van der Waals surface area contributed by atoms with Crippen molar-refractivity contribution in [2.45, 2.75) is 24.7 Å². The van der Waals surface area contributed by atoms with Crippen LogP contribution in [0.1, 0.15) is 19.3 Å². The second-order valence-electron chi connectivity index (χ2n) is 4.27. The Bertz CT molecular complexity index is 166. The zero-order valence-electron chi connectivity index (χ0n) is 7.62. The van der Waals surface area contributed by atoms with Crippen molar-refractivity contribution in [2.24, 2.45) is 5.41 Å². The molecule has 0 aromatic heterocycles. The fourth-order valence-electron chi connectivity index (χ4n) is 2.20. The first-order chi connectivity index (χ1) is 5.70. The minimum absolute atomic E-state index is 0.202. The van der Waals surface area contributed by atoms with Gasteiger partial charge in [-0.05, 0) is 44.8 Å². The maximum atomic E-state index is 5.53. The van der Waals surface area contributed by atoms with Gasteiger partial charge in [0, 0.05) is 0 Å². The van der Waals surface area contributed by atoms with E-state index in [1.807, 2.05) is 0 Å². The summed E-state index contributed by atoms with van der Waals surface area (Å²) in [6, 6.07) is 0. The lowest BCUT2D eigenvalue weighted by Gasteiger charge is -2.36. The molecule has 1 spiro atoms. The average Bonchev–Trinajstić information content (AvgIpc) is 2.40. The molecule has 2 fully saturated rings. The summed E-state index contributed by atoms with van der Waals surface area (Å²) in [7, 11) is 2.20. The zero-order chi connectivity index (χ0) is 8.60. The minimum atomic E-state index is 0.202. The van der Waals surface area contributed by atoms with Crippen LogP contribution in [-0.4, -0.2) is 37.1 Å². The molecule has 1 unspecified atom stereocenters. The molecule has 0 aromatic carbocycles. The van der Waals surface area contributed by atoms with Gasteiger partial charge in [0.2, 0.25) is 0 Å². The van der Waals surface area contributed by atoms with E-state index in [9.17, 15) is 0 Å². The Hall–Kier alpha value is 0.270. The standard InChI is InChI=1S/C9H17NOS/c1-10-4-2-9(3-5-10)6-8(12)11-7-9/h8,12H,2-7H2,1H3. The molecule has 0 radical (unpaired) electrons. The molecular weight excluding hydrogens is 170 g/mol. The van der Waals surface area contributed by atoms with Gasteiger partial charge in [0.1, 0.15) is 5.44 Å². The van der Waals surface area contributed by atoms with E-state index in [2.05, 4.69) is 24.6 Å². The first-order valence-corrected chi connectivity index (χ1v) is 5.20. The first-order valence-electron chi connectivity index (χ1n) is 4.68. The molecule has 1 atom stereocenters. The SMILES string of the molecule is CN1CCC2(CC1)COC(S)C2. The van der Waals surface area contributed by atoms with E-state index in [1.54, 1.807) is 0 Å². The third-order valence-electron chi connectivity index (χ3n) is 3.24. The van der Waals surface area contributed by atoms with Crippen molar-refractivity contribution >= 4 is 12.6 Å². The molecule has 2 rings (SSSR count). The average molecular weight is 187 g/mol. The third kappa shape index (κ3) is 1.63.